The fraction of sp³-hybridized carbons (Fsp3) is 0.526. The average Bonchev–Trinajstić information content (AvgIpc) is 2.96. The predicted octanol–water partition coefficient (Wildman–Crippen LogP) is 2.31. The largest absolute Gasteiger partial charge is 0.391 e. The molecule has 1 aliphatic rings. The number of fused-ring (bicyclic) bond motifs is 1. The fourth-order valence-electron chi connectivity index (χ4n) is 3.74. The van der Waals surface area contributed by atoms with Crippen molar-refractivity contribution in [3.8, 4) is 0 Å². The quantitative estimate of drug-likeness (QED) is 0.786. The fourth-order valence-corrected chi connectivity index (χ4v) is 3.74. The van der Waals surface area contributed by atoms with Crippen LogP contribution in [0.4, 0.5) is 5.69 Å². The third-order valence-electron chi connectivity index (χ3n) is 5.09. The Kier molecular flexibility index (Phi) is 4.65. The van der Waals surface area contributed by atoms with Gasteiger partial charge in [0.1, 0.15) is 0 Å². The highest BCUT2D eigenvalue weighted by Gasteiger charge is 2.33. The molecule has 3 N–H and O–H groups in total. The van der Waals surface area contributed by atoms with E-state index in [1.807, 2.05) is 31.2 Å². The summed E-state index contributed by atoms with van der Waals surface area (Å²) < 4.78 is 1.65. The van der Waals surface area contributed by atoms with Gasteiger partial charge in [0.15, 0.2) is 0 Å². The number of benzene rings is 1. The van der Waals surface area contributed by atoms with Gasteiger partial charge in [0.25, 0.3) is 5.56 Å². The van der Waals surface area contributed by atoms with E-state index in [0.717, 1.165) is 42.3 Å². The van der Waals surface area contributed by atoms with Gasteiger partial charge in [0.05, 0.1) is 17.2 Å². The van der Waals surface area contributed by atoms with Crippen LogP contribution in [0.1, 0.15) is 37.7 Å². The summed E-state index contributed by atoms with van der Waals surface area (Å²) in [5.41, 5.74) is 1.82. The number of rotatable bonds is 5. The molecule has 0 aliphatic heterocycles. The summed E-state index contributed by atoms with van der Waals surface area (Å²) in [6.07, 6.45) is 3.49. The molecule has 1 atom stereocenters. The smallest absolute Gasteiger partial charge is 0.253 e. The average molecular weight is 330 g/mol. The number of aliphatic hydroxyl groups is 2. The van der Waals surface area contributed by atoms with Crippen LogP contribution in [0.5, 0.6) is 0 Å². The highest BCUT2D eigenvalue weighted by molar-refractivity contribution is 5.83. The third-order valence-corrected chi connectivity index (χ3v) is 5.09. The van der Waals surface area contributed by atoms with Crippen molar-refractivity contribution in [2.75, 3.05) is 11.9 Å². The maximum atomic E-state index is 12.0. The number of hydrogen-bond donors (Lipinski definition) is 3. The van der Waals surface area contributed by atoms with Crippen LogP contribution in [-0.4, -0.2) is 33.0 Å². The van der Waals surface area contributed by atoms with Gasteiger partial charge >= 0.3 is 0 Å². The normalized spacial score (nSPS) is 18.0. The Morgan fingerprint density at radius 2 is 2.00 bits per heavy atom. The van der Waals surface area contributed by atoms with E-state index < -0.39 is 11.7 Å². The van der Waals surface area contributed by atoms with Gasteiger partial charge in [0.2, 0.25) is 0 Å². The summed E-state index contributed by atoms with van der Waals surface area (Å²) >= 11 is 0. The lowest BCUT2D eigenvalue weighted by Crippen LogP contribution is -2.33. The summed E-state index contributed by atoms with van der Waals surface area (Å²) in [4.78, 5) is 12.0. The summed E-state index contributed by atoms with van der Waals surface area (Å²) in [7, 11) is 1.77. The maximum absolute atomic E-state index is 12.0. The van der Waals surface area contributed by atoms with Crippen molar-refractivity contribution in [2.24, 2.45) is 7.05 Å². The number of aromatic nitrogens is 1. The van der Waals surface area contributed by atoms with Crippen molar-refractivity contribution >= 4 is 16.6 Å². The molecule has 1 saturated carbocycles. The van der Waals surface area contributed by atoms with Crippen molar-refractivity contribution in [3.05, 3.63) is 40.2 Å². The molecule has 1 aromatic heterocycles. The van der Waals surface area contributed by atoms with Crippen LogP contribution in [0.25, 0.3) is 10.9 Å². The predicted molar refractivity (Wildman–Crippen MR) is 96.5 cm³/mol. The second kappa shape index (κ2) is 6.57. The molecule has 2 aromatic rings. The zero-order valence-electron chi connectivity index (χ0n) is 14.4. The highest BCUT2D eigenvalue weighted by Crippen LogP contribution is 2.33. The van der Waals surface area contributed by atoms with Gasteiger partial charge in [-0.25, -0.2) is 0 Å². The van der Waals surface area contributed by atoms with Crippen LogP contribution in [0.15, 0.2) is 29.1 Å². The van der Waals surface area contributed by atoms with Crippen molar-refractivity contribution < 1.29 is 10.2 Å². The van der Waals surface area contributed by atoms with Gasteiger partial charge in [-0.1, -0.05) is 12.8 Å². The van der Waals surface area contributed by atoms with E-state index in [-0.39, 0.29) is 5.56 Å². The van der Waals surface area contributed by atoms with E-state index in [0.29, 0.717) is 18.5 Å². The Bertz CT molecular complexity index is 791. The minimum absolute atomic E-state index is 0.0171. The molecule has 0 bridgehead atoms. The minimum Gasteiger partial charge on any atom is -0.391 e. The molecule has 5 nitrogen and oxygen atoms in total. The first kappa shape index (κ1) is 17.0. The highest BCUT2D eigenvalue weighted by atomic mass is 16.3. The van der Waals surface area contributed by atoms with Gasteiger partial charge < -0.3 is 20.1 Å². The lowest BCUT2D eigenvalue weighted by atomic mass is 9.94. The van der Waals surface area contributed by atoms with Crippen LogP contribution in [0, 0.1) is 6.92 Å². The van der Waals surface area contributed by atoms with Crippen molar-refractivity contribution in [1.29, 1.82) is 0 Å². The number of anilines is 1. The van der Waals surface area contributed by atoms with Crippen LogP contribution < -0.4 is 10.9 Å². The van der Waals surface area contributed by atoms with E-state index in [9.17, 15) is 15.0 Å². The standard InChI is InChI=1S/C19H26N2O3/c1-13-9-14-10-15(5-6-17(14)21(2)18(13)23)20-12-16(22)11-19(24)7-3-4-8-19/h5-6,9-10,16,20,22,24H,3-4,7-8,11-12H2,1-2H3. The van der Waals surface area contributed by atoms with Gasteiger partial charge in [-0.15, -0.1) is 0 Å². The molecule has 1 heterocycles. The molecule has 0 amide bonds. The number of hydrogen-bond acceptors (Lipinski definition) is 4. The Labute approximate surface area is 141 Å². The van der Waals surface area contributed by atoms with Crippen molar-refractivity contribution in [2.45, 2.75) is 50.7 Å². The van der Waals surface area contributed by atoms with Crippen LogP contribution >= 0.6 is 0 Å². The van der Waals surface area contributed by atoms with Crippen molar-refractivity contribution in [3.63, 3.8) is 0 Å². The van der Waals surface area contributed by atoms with Gasteiger partial charge in [-0.05, 0) is 44.0 Å². The molecular formula is C19H26N2O3. The Morgan fingerprint density at radius 1 is 1.29 bits per heavy atom. The van der Waals surface area contributed by atoms with Gasteiger partial charge in [-0.3, -0.25) is 4.79 Å². The molecule has 0 radical (unpaired) electrons. The molecule has 0 saturated heterocycles. The summed E-state index contributed by atoms with van der Waals surface area (Å²) in [6.45, 7) is 2.21. The SMILES string of the molecule is Cc1cc2cc(NCC(O)CC3(O)CCCC3)ccc2n(C)c1=O. The molecule has 130 valence electrons. The first-order chi connectivity index (χ1) is 11.4. The molecule has 1 fully saturated rings. The molecule has 1 unspecified atom stereocenters. The van der Waals surface area contributed by atoms with E-state index in [1.165, 1.54) is 0 Å². The second-order valence-corrected chi connectivity index (χ2v) is 7.14. The van der Waals surface area contributed by atoms with Gasteiger partial charge in [-0.2, -0.15) is 0 Å². The van der Waals surface area contributed by atoms with Gasteiger partial charge in [0, 0.05) is 36.7 Å². The maximum Gasteiger partial charge on any atom is 0.253 e. The number of aryl methyl sites for hydroxylation is 2. The number of pyridine rings is 1. The summed E-state index contributed by atoms with van der Waals surface area (Å²) in [5, 5.41) is 24.8. The zero-order valence-corrected chi connectivity index (χ0v) is 14.4. The van der Waals surface area contributed by atoms with E-state index in [1.54, 1.807) is 11.6 Å². The Morgan fingerprint density at radius 3 is 2.71 bits per heavy atom. The minimum atomic E-state index is -0.695. The third kappa shape index (κ3) is 3.47. The molecule has 5 heteroatoms. The first-order valence-electron chi connectivity index (χ1n) is 8.63. The number of aliphatic hydroxyl groups excluding tert-OH is 1. The summed E-state index contributed by atoms with van der Waals surface area (Å²) in [5.74, 6) is 0. The van der Waals surface area contributed by atoms with Crippen LogP contribution in [0.3, 0.4) is 0 Å². The lowest BCUT2D eigenvalue weighted by Gasteiger charge is -2.25. The second-order valence-electron chi connectivity index (χ2n) is 7.14. The number of nitrogens with zero attached hydrogens (tertiary/aromatic N) is 1. The molecule has 0 spiro atoms. The van der Waals surface area contributed by atoms with E-state index >= 15 is 0 Å². The molecular weight excluding hydrogens is 304 g/mol. The van der Waals surface area contributed by atoms with Crippen LogP contribution in [0.2, 0.25) is 0 Å². The van der Waals surface area contributed by atoms with E-state index in [2.05, 4.69) is 5.32 Å². The number of nitrogens with one attached hydrogen (secondary N) is 1. The topological polar surface area (TPSA) is 74.5 Å². The van der Waals surface area contributed by atoms with Crippen molar-refractivity contribution in [1.82, 2.24) is 4.57 Å². The lowest BCUT2D eigenvalue weighted by molar-refractivity contribution is -0.00154. The molecule has 3 rings (SSSR count). The Hall–Kier alpha value is -1.85. The molecule has 24 heavy (non-hydrogen) atoms. The Balaban J connectivity index is 1.69. The first-order valence-corrected chi connectivity index (χ1v) is 8.63. The summed E-state index contributed by atoms with van der Waals surface area (Å²) in [6, 6.07) is 7.70. The molecule has 1 aromatic carbocycles. The monoisotopic (exact) mass is 330 g/mol. The van der Waals surface area contributed by atoms with E-state index in [4.69, 9.17) is 0 Å². The van der Waals surface area contributed by atoms with Crippen LogP contribution in [-0.2, 0) is 7.05 Å². The zero-order chi connectivity index (χ0) is 17.3. The molecule has 1 aliphatic carbocycles.